The number of aromatic nitrogens is 2. The number of ether oxygens (including phenoxy) is 1. The SMILES string of the molecule is CC.O=C(NCCCc1cn[nH]c1)c1ccc(N2CCOCC2)c(C#Cc2ccc(F)cc2)c1. The maximum absolute atomic E-state index is 13.2. The van der Waals surface area contributed by atoms with Crippen molar-refractivity contribution in [1.29, 1.82) is 0 Å². The number of hydrogen-bond acceptors (Lipinski definition) is 4. The summed E-state index contributed by atoms with van der Waals surface area (Å²) < 4.78 is 18.7. The average Bonchev–Trinajstić information content (AvgIpc) is 3.41. The largest absolute Gasteiger partial charge is 0.378 e. The number of carbonyl (C=O) groups excluding carboxylic acids is 1. The van der Waals surface area contributed by atoms with Gasteiger partial charge < -0.3 is 15.0 Å². The van der Waals surface area contributed by atoms with Gasteiger partial charge in [0.2, 0.25) is 0 Å². The minimum atomic E-state index is -0.295. The molecule has 0 unspecified atom stereocenters. The van der Waals surface area contributed by atoms with Gasteiger partial charge in [0.15, 0.2) is 0 Å². The summed E-state index contributed by atoms with van der Waals surface area (Å²) in [6.45, 7) is 7.43. The summed E-state index contributed by atoms with van der Waals surface area (Å²) in [5.74, 6) is 5.84. The minimum absolute atomic E-state index is 0.129. The summed E-state index contributed by atoms with van der Waals surface area (Å²) in [7, 11) is 0. The standard InChI is InChI=1S/C25H25FN4O2.C2H6/c26-23-8-4-19(5-9-23)3-6-21-16-22(7-10-24(21)30-12-14-32-15-13-30)25(31)27-11-1-2-20-17-28-29-18-20;1-2/h4-5,7-10,16-18H,1-2,11-15H2,(H,27,31)(H,28,29);1-2H3. The van der Waals surface area contributed by atoms with Crippen molar-refractivity contribution in [2.24, 2.45) is 0 Å². The van der Waals surface area contributed by atoms with Gasteiger partial charge >= 0.3 is 0 Å². The zero-order chi connectivity index (χ0) is 24.2. The van der Waals surface area contributed by atoms with E-state index in [4.69, 9.17) is 4.74 Å². The molecule has 0 radical (unpaired) electrons. The van der Waals surface area contributed by atoms with Gasteiger partial charge in [0.05, 0.1) is 25.1 Å². The highest BCUT2D eigenvalue weighted by Gasteiger charge is 2.16. The monoisotopic (exact) mass is 462 g/mol. The van der Waals surface area contributed by atoms with Gasteiger partial charge in [-0.25, -0.2) is 4.39 Å². The van der Waals surface area contributed by atoms with Gasteiger partial charge in [-0.05, 0) is 60.9 Å². The molecule has 0 atom stereocenters. The molecule has 1 aliphatic rings. The lowest BCUT2D eigenvalue weighted by molar-refractivity contribution is 0.0953. The molecule has 1 saturated heterocycles. The molecule has 4 rings (SSSR count). The van der Waals surface area contributed by atoms with E-state index in [-0.39, 0.29) is 11.7 Å². The summed E-state index contributed by atoms with van der Waals surface area (Å²) >= 11 is 0. The van der Waals surface area contributed by atoms with Crippen molar-refractivity contribution >= 4 is 11.6 Å². The highest BCUT2D eigenvalue weighted by atomic mass is 19.1. The lowest BCUT2D eigenvalue weighted by Gasteiger charge is -2.30. The van der Waals surface area contributed by atoms with E-state index in [1.165, 1.54) is 12.1 Å². The number of morpholine rings is 1. The van der Waals surface area contributed by atoms with E-state index in [0.29, 0.717) is 30.9 Å². The van der Waals surface area contributed by atoms with Gasteiger partial charge in [-0.15, -0.1) is 0 Å². The number of nitrogens with zero attached hydrogens (tertiary/aromatic N) is 2. The number of aromatic amines is 1. The van der Waals surface area contributed by atoms with E-state index in [1.54, 1.807) is 18.3 Å². The maximum Gasteiger partial charge on any atom is 0.251 e. The zero-order valence-corrected chi connectivity index (χ0v) is 19.7. The van der Waals surface area contributed by atoms with E-state index in [2.05, 4.69) is 32.3 Å². The zero-order valence-electron chi connectivity index (χ0n) is 19.7. The number of rotatable bonds is 6. The van der Waals surface area contributed by atoms with Crippen LogP contribution in [0.3, 0.4) is 0 Å². The third kappa shape index (κ3) is 7.19. The highest BCUT2D eigenvalue weighted by Crippen LogP contribution is 2.23. The molecule has 0 spiro atoms. The third-order valence-corrected chi connectivity index (χ3v) is 5.28. The number of carbonyl (C=O) groups is 1. The molecular formula is C27H31FN4O2. The number of halogens is 1. The van der Waals surface area contributed by atoms with E-state index in [0.717, 1.165) is 42.7 Å². The van der Waals surface area contributed by atoms with Gasteiger partial charge in [-0.3, -0.25) is 9.89 Å². The molecule has 0 bridgehead atoms. The quantitative estimate of drug-likeness (QED) is 0.426. The second kappa shape index (κ2) is 13.2. The van der Waals surface area contributed by atoms with Crippen LogP contribution in [0.4, 0.5) is 10.1 Å². The fraction of sp³-hybridized carbons (Fsp3) is 0.333. The molecule has 3 aromatic rings. The molecule has 2 aromatic carbocycles. The average molecular weight is 463 g/mol. The molecule has 0 saturated carbocycles. The summed E-state index contributed by atoms with van der Waals surface area (Å²) in [6.07, 6.45) is 5.33. The molecular weight excluding hydrogens is 431 g/mol. The molecule has 1 aliphatic heterocycles. The number of hydrogen-bond donors (Lipinski definition) is 2. The summed E-state index contributed by atoms with van der Waals surface area (Å²) in [5.41, 5.74) is 4.14. The fourth-order valence-corrected chi connectivity index (χ4v) is 3.54. The molecule has 2 N–H and O–H groups in total. The van der Waals surface area contributed by atoms with Crippen molar-refractivity contribution in [1.82, 2.24) is 15.5 Å². The number of benzene rings is 2. The molecule has 0 aliphatic carbocycles. The van der Waals surface area contributed by atoms with Crippen LogP contribution in [-0.2, 0) is 11.2 Å². The fourth-order valence-electron chi connectivity index (χ4n) is 3.54. The molecule has 1 fully saturated rings. The Morgan fingerprint density at radius 1 is 1.15 bits per heavy atom. The summed E-state index contributed by atoms with van der Waals surface area (Å²) in [6, 6.07) is 11.7. The molecule has 6 nitrogen and oxygen atoms in total. The smallest absolute Gasteiger partial charge is 0.251 e. The van der Waals surface area contributed by atoms with Crippen LogP contribution in [-0.4, -0.2) is 49.0 Å². The van der Waals surface area contributed by atoms with E-state index in [9.17, 15) is 9.18 Å². The van der Waals surface area contributed by atoms with Gasteiger partial charge in [-0.1, -0.05) is 25.7 Å². The van der Waals surface area contributed by atoms with Gasteiger partial charge in [0.1, 0.15) is 5.82 Å². The molecule has 7 heteroatoms. The molecule has 1 aromatic heterocycles. The van der Waals surface area contributed by atoms with Crippen molar-refractivity contribution in [2.45, 2.75) is 26.7 Å². The Kier molecular flexibility index (Phi) is 9.68. The van der Waals surface area contributed by atoms with Crippen LogP contribution in [0.2, 0.25) is 0 Å². The van der Waals surface area contributed by atoms with Crippen molar-refractivity contribution in [3.05, 3.63) is 82.9 Å². The normalized spacial score (nSPS) is 12.7. The topological polar surface area (TPSA) is 70.2 Å². The lowest BCUT2D eigenvalue weighted by Crippen LogP contribution is -2.36. The lowest BCUT2D eigenvalue weighted by atomic mass is 10.1. The van der Waals surface area contributed by atoms with Crippen LogP contribution in [0, 0.1) is 17.7 Å². The first-order valence-electron chi connectivity index (χ1n) is 11.7. The van der Waals surface area contributed by atoms with Crippen LogP contribution in [0.1, 0.15) is 47.3 Å². The van der Waals surface area contributed by atoms with Crippen LogP contribution in [0.15, 0.2) is 54.9 Å². The first kappa shape index (κ1) is 25.0. The molecule has 34 heavy (non-hydrogen) atoms. The van der Waals surface area contributed by atoms with Crippen molar-refractivity contribution in [3.63, 3.8) is 0 Å². The highest BCUT2D eigenvalue weighted by molar-refractivity contribution is 5.95. The van der Waals surface area contributed by atoms with Gasteiger partial charge in [0.25, 0.3) is 5.91 Å². The number of nitrogens with one attached hydrogen (secondary N) is 2. The number of anilines is 1. The summed E-state index contributed by atoms with van der Waals surface area (Å²) in [5, 5.41) is 9.69. The Hall–Kier alpha value is -3.63. The summed E-state index contributed by atoms with van der Waals surface area (Å²) in [4.78, 5) is 14.9. The number of aryl methyl sites for hydroxylation is 1. The first-order chi connectivity index (χ1) is 16.7. The van der Waals surface area contributed by atoms with Crippen molar-refractivity contribution in [3.8, 4) is 11.8 Å². The third-order valence-electron chi connectivity index (χ3n) is 5.28. The van der Waals surface area contributed by atoms with Crippen LogP contribution >= 0.6 is 0 Å². The molecule has 178 valence electrons. The van der Waals surface area contributed by atoms with Crippen LogP contribution < -0.4 is 10.2 Å². The van der Waals surface area contributed by atoms with Crippen molar-refractivity contribution < 1.29 is 13.9 Å². The second-order valence-electron chi connectivity index (χ2n) is 7.55. The maximum atomic E-state index is 13.2. The Bertz CT molecular complexity index is 1100. The Morgan fingerprint density at radius 2 is 1.91 bits per heavy atom. The van der Waals surface area contributed by atoms with E-state index in [1.807, 2.05) is 38.2 Å². The van der Waals surface area contributed by atoms with E-state index >= 15 is 0 Å². The molecule has 2 heterocycles. The van der Waals surface area contributed by atoms with E-state index < -0.39 is 0 Å². The van der Waals surface area contributed by atoms with Crippen molar-refractivity contribution in [2.75, 3.05) is 37.7 Å². The Morgan fingerprint density at radius 3 is 2.62 bits per heavy atom. The number of H-pyrrole nitrogens is 1. The Balaban J connectivity index is 0.00000158. The van der Waals surface area contributed by atoms with Crippen LogP contribution in [0.5, 0.6) is 0 Å². The van der Waals surface area contributed by atoms with Crippen LogP contribution in [0.25, 0.3) is 0 Å². The minimum Gasteiger partial charge on any atom is -0.378 e. The first-order valence-corrected chi connectivity index (χ1v) is 11.7. The predicted octanol–water partition coefficient (Wildman–Crippen LogP) is 4.17. The van der Waals surface area contributed by atoms with Gasteiger partial charge in [-0.2, -0.15) is 5.10 Å². The molecule has 1 amide bonds. The van der Waals surface area contributed by atoms with Gasteiger partial charge in [0, 0.05) is 42.5 Å². The number of amides is 1. The Labute approximate surface area is 200 Å². The second-order valence-corrected chi connectivity index (χ2v) is 7.55. The predicted molar refractivity (Wildman–Crippen MR) is 132 cm³/mol.